The molecule has 356 valence electrons. The van der Waals surface area contributed by atoms with Gasteiger partial charge in [0.05, 0.1) is 73.3 Å². The van der Waals surface area contributed by atoms with Crippen molar-refractivity contribution in [2.24, 2.45) is 10.8 Å². The van der Waals surface area contributed by atoms with Gasteiger partial charge < -0.3 is 40.4 Å². The number of halogens is 4. The summed E-state index contributed by atoms with van der Waals surface area (Å²) in [6.45, 7) is 5.93. The second kappa shape index (κ2) is 22.7. The molecule has 6 rings (SSSR count). The molecule has 0 aromatic heterocycles. The first-order valence-electron chi connectivity index (χ1n) is 21.9. The second-order valence-electron chi connectivity index (χ2n) is 17.9. The van der Waals surface area contributed by atoms with Gasteiger partial charge in [-0.05, 0) is 96.5 Å². The van der Waals surface area contributed by atoms with Crippen molar-refractivity contribution in [3.05, 3.63) is 139 Å². The Bertz CT molecular complexity index is 2160. The Labute approximate surface area is 405 Å². The first kappa shape index (κ1) is 52.7. The fourth-order valence-electron chi connectivity index (χ4n) is 10.0. The van der Waals surface area contributed by atoms with E-state index in [4.69, 9.17) is 46.4 Å². The quantitative estimate of drug-likeness (QED) is 0.0630. The average Bonchev–Trinajstić information content (AvgIpc) is 3.27. The van der Waals surface area contributed by atoms with Crippen molar-refractivity contribution < 1.29 is 49.8 Å². The number of piperidine rings is 2. The molecule has 0 saturated carbocycles. The molecule has 6 N–H and O–H groups in total. The minimum atomic E-state index is -1.20. The fraction of sp³-hybridized carbons (Fsp3) is 0.440. The molecule has 4 aromatic carbocycles. The van der Waals surface area contributed by atoms with E-state index in [1.165, 1.54) is 0 Å². The lowest BCUT2D eigenvalue weighted by molar-refractivity contribution is -0.164. The molecule has 16 heteroatoms. The lowest BCUT2D eigenvalue weighted by Gasteiger charge is -2.52. The number of amides is 2. The molecule has 2 aliphatic rings. The molecule has 12 nitrogen and oxygen atoms in total. The van der Waals surface area contributed by atoms with Gasteiger partial charge in [-0.3, -0.25) is 19.2 Å². The normalized spacial score (nSPS) is 25.0. The fourth-order valence-corrected chi connectivity index (χ4v) is 10.7. The van der Waals surface area contributed by atoms with Crippen LogP contribution >= 0.6 is 46.4 Å². The summed E-state index contributed by atoms with van der Waals surface area (Å²) in [6.07, 6.45) is -1.73. The largest absolute Gasteiger partial charge is 0.481 e. The summed E-state index contributed by atoms with van der Waals surface area (Å²) in [5.74, 6) is -3.46. The van der Waals surface area contributed by atoms with Crippen molar-refractivity contribution in [3.8, 4) is 0 Å². The lowest BCUT2D eigenvalue weighted by Crippen LogP contribution is -2.59. The van der Waals surface area contributed by atoms with Gasteiger partial charge in [-0.25, -0.2) is 0 Å². The number of benzene rings is 4. The van der Waals surface area contributed by atoms with Gasteiger partial charge in [0, 0.05) is 31.9 Å². The summed E-state index contributed by atoms with van der Waals surface area (Å²) < 4.78 is 0. The molecule has 2 heterocycles. The van der Waals surface area contributed by atoms with Crippen LogP contribution in [0.15, 0.2) is 97.1 Å². The molecule has 2 aliphatic heterocycles. The van der Waals surface area contributed by atoms with Gasteiger partial charge in [-0.15, -0.1) is 0 Å². The summed E-state index contributed by atoms with van der Waals surface area (Å²) in [5, 5.41) is 62.1. The van der Waals surface area contributed by atoms with E-state index in [0.29, 0.717) is 32.9 Å². The van der Waals surface area contributed by atoms with E-state index in [-0.39, 0.29) is 49.3 Å². The van der Waals surface area contributed by atoms with Crippen LogP contribution in [-0.2, 0) is 19.2 Å². The molecule has 0 spiro atoms. The third-order valence-corrected chi connectivity index (χ3v) is 14.1. The summed E-state index contributed by atoms with van der Waals surface area (Å²) in [4.78, 5) is 54.5. The lowest BCUT2D eigenvalue weighted by atomic mass is 9.66. The number of aliphatic hydroxyl groups is 4. The van der Waals surface area contributed by atoms with Crippen LogP contribution in [0.2, 0.25) is 20.1 Å². The Morgan fingerprint density at radius 1 is 0.576 bits per heavy atom. The predicted molar refractivity (Wildman–Crippen MR) is 255 cm³/mol. The molecule has 10 atom stereocenters. The maximum Gasteiger partial charge on any atom is 0.304 e. The molecule has 0 radical (unpaired) electrons. The number of carboxylic acids is 2. The zero-order chi connectivity index (χ0) is 48.7. The summed E-state index contributed by atoms with van der Waals surface area (Å²) >= 11 is 24.8. The second-order valence-corrected chi connectivity index (χ2v) is 19.6. The Hall–Kier alpha value is -4.24. The van der Waals surface area contributed by atoms with E-state index in [0.717, 1.165) is 22.3 Å². The highest BCUT2D eigenvalue weighted by Crippen LogP contribution is 2.54. The van der Waals surface area contributed by atoms with Crippen molar-refractivity contribution >= 4 is 70.2 Å². The number of aliphatic hydroxyl groups excluding tert-OH is 4. The van der Waals surface area contributed by atoms with E-state index in [1.54, 1.807) is 60.0 Å². The topological polar surface area (TPSA) is 196 Å². The van der Waals surface area contributed by atoms with E-state index >= 15 is 0 Å². The first-order chi connectivity index (χ1) is 31.2. The molecular weight excluding hydrogens is 930 g/mol. The third kappa shape index (κ3) is 11.9. The maximum absolute atomic E-state index is 13.9. The first-order valence-corrected chi connectivity index (χ1v) is 23.4. The van der Waals surface area contributed by atoms with Gasteiger partial charge in [0.1, 0.15) is 0 Å². The standard InChI is InChI=1S/2C25H29Cl2NO5/c2*1-3-20(21(30)14-29)28-23(15-7-9-17(26)10-8-15)19(16-5-4-6-18(27)11-16)12-25(2,24(28)33)13-22(31)32/h2*4-11,19-21,23,29-30H,3,12-14H2,1-2H3,(H,31,32)/t19-,20+,21+,23-,25-;19-,20+,21-,23-,25-/m11/s1. The van der Waals surface area contributed by atoms with E-state index in [2.05, 4.69) is 0 Å². The zero-order valence-corrected chi connectivity index (χ0v) is 40.3. The van der Waals surface area contributed by atoms with Crippen LogP contribution in [0.25, 0.3) is 0 Å². The SMILES string of the molecule is CC[C@@H]([C@@H](O)CO)N1C(=O)[C@@](C)(CC(=O)O)C[C@H](c2cccc(Cl)c2)[C@H]1c1ccc(Cl)cc1.CC[C@@H]([C@H](O)CO)N1C(=O)[C@@](C)(CC(=O)O)C[C@H](c2cccc(Cl)c2)[C@H]1c1ccc(Cl)cc1. The maximum atomic E-state index is 13.9. The van der Waals surface area contributed by atoms with E-state index in [9.17, 15) is 49.8 Å². The highest BCUT2D eigenvalue weighted by Gasteiger charge is 2.54. The number of carbonyl (C=O) groups excluding carboxylic acids is 2. The number of carbonyl (C=O) groups is 4. The van der Waals surface area contributed by atoms with Crippen LogP contribution in [0.4, 0.5) is 0 Å². The molecule has 2 saturated heterocycles. The minimum Gasteiger partial charge on any atom is -0.481 e. The van der Waals surface area contributed by atoms with Crippen LogP contribution in [0.3, 0.4) is 0 Å². The highest BCUT2D eigenvalue weighted by molar-refractivity contribution is 6.31. The van der Waals surface area contributed by atoms with Crippen molar-refractivity contribution in [3.63, 3.8) is 0 Å². The Balaban J connectivity index is 0.000000247. The number of hydrogen-bond acceptors (Lipinski definition) is 8. The number of rotatable bonds is 16. The Kier molecular flexibility index (Phi) is 18.1. The van der Waals surface area contributed by atoms with Crippen LogP contribution < -0.4 is 0 Å². The Morgan fingerprint density at radius 3 is 1.18 bits per heavy atom. The molecule has 0 unspecified atom stereocenters. The number of likely N-dealkylation sites (tertiary alicyclic amines) is 2. The van der Waals surface area contributed by atoms with Gasteiger partial charge in [-0.1, -0.05) is 123 Å². The minimum absolute atomic E-state index is 0.286. The van der Waals surface area contributed by atoms with Gasteiger partial charge in [-0.2, -0.15) is 0 Å². The molecule has 2 amide bonds. The molecule has 66 heavy (non-hydrogen) atoms. The summed E-state index contributed by atoms with van der Waals surface area (Å²) in [5.41, 5.74) is 0.932. The van der Waals surface area contributed by atoms with Gasteiger partial charge in [0.25, 0.3) is 0 Å². The summed E-state index contributed by atoms with van der Waals surface area (Å²) in [7, 11) is 0. The van der Waals surface area contributed by atoms with Crippen LogP contribution in [-0.4, -0.2) is 102 Å². The van der Waals surface area contributed by atoms with Crippen molar-refractivity contribution in [1.82, 2.24) is 9.80 Å². The Morgan fingerprint density at radius 2 is 0.909 bits per heavy atom. The smallest absolute Gasteiger partial charge is 0.304 e. The number of aliphatic carboxylic acids is 2. The van der Waals surface area contributed by atoms with Crippen LogP contribution in [0.5, 0.6) is 0 Å². The molecule has 0 bridgehead atoms. The summed E-state index contributed by atoms with van der Waals surface area (Å²) in [6, 6.07) is 26.5. The highest BCUT2D eigenvalue weighted by atomic mass is 35.5. The number of nitrogens with zero attached hydrogens (tertiary/aromatic N) is 2. The van der Waals surface area contributed by atoms with E-state index in [1.807, 2.05) is 74.5 Å². The molecular formula is C50H58Cl4N2O10. The van der Waals surface area contributed by atoms with Crippen molar-refractivity contribution in [1.29, 1.82) is 0 Å². The van der Waals surface area contributed by atoms with Gasteiger partial charge in [0.2, 0.25) is 11.8 Å². The van der Waals surface area contributed by atoms with Gasteiger partial charge in [0.15, 0.2) is 0 Å². The van der Waals surface area contributed by atoms with Gasteiger partial charge >= 0.3 is 11.9 Å². The average molecular weight is 989 g/mol. The predicted octanol–water partition coefficient (Wildman–Crippen LogP) is 9.33. The third-order valence-electron chi connectivity index (χ3n) is 13.1. The monoisotopic (exact) mass is 986 g/mol. The van der Waals surface area contributed by atoms with E-state index < -0.39 is 72.4 Å². The van der Waals surface area contributed by atoms with Crippen molar-refractivity contribution in [2.45, 2.75) is 114 Å². The molecule has 2 fully saturated rings. The van der Waals surface area contributed by atoms with Crippen LogP contribution in [0.1, 0.15) is 112 Å². The molecule has 0 aliphatic carbocycles. The van der Waals surface area contributed by atoms with Crippen LogP contribution in [0, 0.1) is 10.8 Å². The number of carboxylic acid groups (broad SMARTS) is 2. The zero-order valence-electron chi connectivity index (χ0n) is 37.2. The molecule has 4 aromatic rings. The number of hydrogen-bond donors (Lipinski definition) is 6. The van der Waals surface area contributed by atoms with Crippen molar-refractivity contribution in [2.75, 3.05) is 13.2 Å².